The molecule has 0 aromatic rings. The summed E-state index contributed by atoms with van der Waals surface area (Å²) in [6, 6.07) is -0.625. The number of hydrogen-bond acceptors (Lipinski definition) is 5. The number of allylic oxidation sites excluding steroid dienone is 5. The van der Waals surface area contributed by atoms with Crippen molar-refractivity contribution < 1.29 is 24.5 Å². The second kappa shape index (κ2) is 59.6. The second-order valence-electron chi connectivity index (χ2n) is 21.4. The number of rotatable bonds is 58. The Balaban J connectivity index is 3.36. The maximum atomic E-state index is 12.4. The van der Waals surface area contributed by atoms with E-state index >= 15 is 0 Å². The lowest BCUT2D eigenvalue weighted by atomic mass is 10.0. The second-order valence-corrected chi connectivity index (χ2v) is 21.4. The van der Waals surface area contributed by atoms with Crippen LogP contribution in [-0.4, -0.2) is 47.4 Å². The Morgan fingerprint density at radius 1 is 0.386 bits per heavy atom. The number of carbonyl (C=O) groups excluding carboxylic acids is 2. The van der Waals surface area contributed by atoms with Gasteiger partial charge in [0.1, 0.15) is 0 Å². The van der Waals surface area contributed by atoms with Crippen LogP contribution >= 0.6 is 0 Å². The van der Waals surface area contributed by atoms with Crippen molar-refractivity contribution in [2.45, 2.75) is 347 Å². The lowest BCUT2D eigenvalue weighted by Gasteiger charge is -2.20. The molecule has 0 aliphatic carbocycles. The zero-order valence-electron chi connectivity index (χ0n) is 47.0. The average molecular weight is 985 g/mol. The number of unbranched alkanes of at least 4 members (excludes halogenated alkanes) is 43. The first-order valence-electron chi connectivity index (χ1n) is 31.3. The monoisotopic (exact) mass is 984 g/mol. The van der Waals surface area contributed by atoms with E-state index in [1.807, 2.05) is 6.08 Å². The van der Waals surface area contributed by atoms with Crippen molar-refractivity contribution in [2.24, 2.45) is 0 Å². The topological polar surface area (TPSA) is 95.9 Å². The molecule has 2 unspecified atom stereocenters. The SMILES string of the molecule is CCCCCC/C=C\CCCCCCCC(=O)OCCCCCCCCCCCCCC/C=C\CCCCCCCCCCCCCCCCC(=O)NC(CO)C(O)/C=C/CCCCCCCCCC. The molecule has 0 radical (unpaired) electrons. The van der Waals surface area contributed by atoms with Gasteiger partial charge in [0.25, 0.3) is 0 Å². The fourth-order valence-corrected chi connectivity index (χ4v) is 9.57. The van der Waals surface area contributed by atoms with Crippen LogP contribution in [0.15, 0.2) is 36.5 Å². The normalized spacial score (nSPS) is 12.8. The first-order valence-corrected chi connectivity index (χ1v) is 31.3. The number of amides is 1. The number of carbonyl (C=O) groups is 2. The molecular weight excluding hydrogens is 863 g/mol. The molecule has 412 valence electrons. The standard InChI is InChI=1S/C64H121NO5/c1-3-5-7-9-11-13-15-34-38-42-46-50-54-58-64(69)70-59-55-51-47-43-39-36-33-31-29-27-25-23-21-19-17-16-18-20-22-24-26-28-30-32-35-37-41-45-49-53-57-63(68)65-61(60-66)62(67)56-52-48-44-40-14-12-10-8-6-4-2/h13,15,17,19,52,56,61-62,66-67H,3-12,14,16,18,20-51,53-55,57-60H2,1-2H3,(H,65,68)/b15-13-,19-17-,56-52+. The van der Waals surface area contributed by atoms with Gasteiger partial charge in [0.05, 0.1) is 25.4 Å². The molecule has 3 N–H and O–H groups in total. The molecule has 0 spiro atoms. The number of hydrogen-bond donors (Lipinski definition) is 3. The number of nitrogens with one attached hydrogen (secondary N) is 1. The van der Waals surface area contributed by atoms with Crippen LogP contribution in [0.2, 0.25) is 0 Å². The fourth-order valence-electron chi connectivity index (χ4n) is 9.57. The lowest BCUT2D eigenvalue weighted by molar-refractivity contribution is -0.143. The first-order chi connectivity index (χ1) is 34.5. The zero-order valence-corrected chi connectivity index (χ0v) is 47.0. The number of esters is 1. The Bertz CT molecular complexity index is 1130. The third kappa shape index (κ3) is 55.4. The fraction of sp³-hybridized carbons (Fsp3) is 0.875. The Morgan fingerprint density at radius 2 is 0.671 bits per heavy atom. The Labute approximate surface area is 436 Å². The smallest absolute Gasteiger partial charge is 0.305 e. The predicted octanol–water partition coefficient (Wildman–Crippen LogP) is 19.6. The van der Waals surface area contributed by atoms with Crippen LogP contribution in [0, 0.1) is 0 Å². The highest BCUT2D eigenvalue weighted by Gasteiger charge is 2.18. The minimum Gasteiger partial charge on any atom is -0.466 e. The van der Waals surface area contributed by atoms with Gasteiger partial charge in [-0.15, -0.1) is 0 Å². The van der Waals surface area contributed by atoms with Crippen LogP contribution in [0.1, 0.15) is 335 Å². The third-order valence-corrected chi connectivity index (χ3v) is 14.4. The molecule has 0 saturated heterocycles. The van der Waals surface area contributed by atoms with Gasteiger partial charge in [0.15, 0.2) is 0 Å². The van der Waals surface area contributed by atoms with Crippen molar-refractivity contribution in [1.29, 1.82) is 0 Å². The van der Waals surface area contributed by atoms with E-state index in [0.29, 0.717) is 19.4 Å². The van der Waals surface area contributed by atoms with Gasteiger partial charge in [-0.05, 0) is 83.5 Å². The molecule has 6 heteroatoms. The van der Waals surface area contributed by atoms with Gasteiger partial charge >= 0.3 is 5.97 Å². The van der Waals surface area contributed by atoms with E-state index in [9.17, 15) is 19.8 Å². The van der Waals surface area contributed by atoms with Crippen molar-refractivity contribution in [3.05, 3.63) is 36.5 Å². The van der Waals surface area contributed by atoms with Crippen molar-refractivity contribution in [3.63, 3.8) is 0 Å². The molecule has 2 atom stereocenters. The highest BCUT2D eigenvalue weighted by molar-refractivity contribution is 5.76. The van der Waals surface area contributed by atoms with Crippen LogP contribution < -0.4 is 5.32 Å². The molecule has 6 nitrogen and oxygen atoms in total. The summed E-state index contributed by atoms with van der Waals surface area (Å²) in [4.78, 5) is 24.4. The van der Waals surface area contributed by atoms with E-state index in [-0.39, 0.29) is 18.5 Å². The van der Waals surface area contributed by atoms with Crippen LogP contribution in [0.4, 0.5) is 0 Å². The van der Waals surface area contributed by atoms with Crippen molar-refractivity contribution >= 4 is 11.9 Å². The molecule has 0 aromatic heterocycles. The van der Waals surface area contributed by atoms with E-state index in [4.69, 9.17) is 4.74 Å². The van der Waals surface area contributed by atoms with Gasteiger partial charge in [0, 0.05) is 12.8 Å². The Morgan fingerprint density at radius 3 is 1.03 bits per heavy atom. The molecule has 0 rings (SSSR count). The zero-order chi connectivity index (χ0) is 50.7. The first kappa shape index (κ1) is 68.1. The van der Waals surface area contributed by atoms with Crippen molar-refractivity contribution in [3.8, 4) is 0 Å². The Hall–Kier alpha value is -1.92. The summed E-state index contributed by atoms with van der Waals surface area (Å²) in [5.74, 6) is -0.0606. The molecule has 0 aliphatic heterocycles. The van der Waals surface area contributed by atoms with E-state index in [2.05, 4.69) is 43.5 Å². The van der Waals surface area contributed by atoms with E-state index in [0.717, 1.165) is 44.9 Å². The molecule has 0 aromatic carbocycles. The lowest BCUT2D eigenvalue weighted by Crippen LogP contribution is -2.45. The summed E-state index contributed by atoms with van der Waals surface area (Å²) in [5, 5.41) is 23.0. The molecule has 1 amide bonds. The quantitative estimate of drug-likeness (QED) is 0.0321. The van der Waals surface area contributed by atoms with Gasteiger partial charge < -0.3 is 20.3 Å². The number of aliphatic hydroxyl groups is 2. The minimum absolute atomic E-state index is 0.00730. The van der Waals surface area contributed by atoms with Gasteiger partial charge in [-0.1, -0.05) is 275 Å². The van der Waals surface area contributed by atoms with Gasteiger partial charge in [-0.2, -0.15) is 0 Å². The summed E-state index contributed by atoms with van der Waals surface area (Å²) < 4.78 is 5.47. The average Bonchev–Trinajstić information content (AvgIpc) is 3.36. The summed E-state index contributed by atoms with van der Waals surface area (Å²) >= 11 is 0. The largest absolute Gasteiger partial charge is 0.466 e. The highest BCUT2D eigenvalue weighted by atomic mass is 16.5. The highest BCUT2D eigenvalue weighted by Crippen LogP contribution is 2.17. The van der Waals surface area contributed by atoms with E-state index in [1.165, 1.54) is 263 Å². The summed E-state index contributed by atoms with van der Waals surface area (Å²) in [7, 11) is 0. The van der Waals surface area contributed by atoms with Crippen LogP contribution in [0.25, 0.3) is 0 Å². The number of aliphatic hydroxyl groups excluding tert-OH is 2. The van der Waals surface area contributed by atoms with Gasteiger partial charge in [-0.3, -0.25) is 9.59 Å². The van der Waals surface area contributed by atoms with Gasteiger partial charge in [-0.25, -0.2) is 0 Å². The van der Waals surface area contributed by atoms with Crippen molar-refractivity contribution in [2.75, 3.05) is 13.2 Å². The third-order valence-electron chi connectivity index (χ3n) is 14.4. The Kier molecular flexibility index (Phi) is 58.0. The molecule has 0 saturated carbocycles. The van der Waals surface area contributed by atoms with Crippen LogP contribution in [0.5, 0.6) is 0 Å². The molecule has 70 heavy (non-hydrogen) atoms. The molecule has 0 heterocycles. The predicted molar refractivity (Wildman–Crippen MR) is 306 cm³/mol. The van der Waals surface area contributed by atoms with E-state index < -0.39 is 12.1 Å². The molecule has 0 bridgehead atoms. The summed E-state index contributed by atoms with van der Waals surface area (Å²) in [5.41, 5.74) is 0. The molecular formula is C64H121NO5. The van der Waals surface area contributed by atoms with Gasteiger partial charge in [0.2, 0.25) is 5.91 Å². The minimum atomic E-state index is -0.841. The van der Waals surface area contributed by atoms with Crippen LogP contribution in [0.3, 0.4) is 0 Å². The number of ether oxygens (including phenoxy) is 1. The van der Waals surface area contributed by atoms with Crippen LogP contribution in [-0.2, 0) is 14.3 Å². The van der Waals surface area contributed by atoms with E-state index in [1.54, 1.807) is 6.08 Å². The maximum absolute atomic E-state index is 12.4. The summed E-state index contributed by atoms with van der Waals surface area (Å²) in [6.07, 6.45) is 74.9. The maximum Gasteiger partial charge on any atom is 0.305 e. The van der Waals surface area contributed by atoms with Crippen molar-refractivity contribution in [1.82, 2.24) is 5.32 Å². The molecule has 0 aliphatic rings. The summed E-state index contributed by atoms with van der Waals surface area (Å²) in [6.45, 7) is 4.88. The molecule has 0 fully saturated rings.